The molecule has 0 aromatic heterocycles. The van der Waals surface area contributed by atoms with E-state index in [2.05, 4.69) is 63.5 Å². The summed E-state index contributed by atoms with van der Waals surface area (Å²) < 4.78 is 11.1. The van der Waals surface area contributed by atoms with Gasteiger partial charge in [-0.25, -0.2) is 0 Å². The second kappa shape index (κ2) is 14.5. The average molecular weight is 548 g/mol. The first-order valence-corrected chi connectivity index (χ1v) is 14.3. The monoisotopic (exact) mass is 547 g/mol. The largest absolute Gasteiger partial charge is 0.459 e. The van der Waals surface area contributed by atoms with E-state index in [1.807, 2.05) is 64.6 Å². The lowest BCUT2D eigenvalue weighted by atomic mass is 9.92. The molecule has 39 heavy (non-hydrogen) atoms. The standard InChI is InChI=1S/C32H57N3O4/c1-29(2,3)24-34(25-30(4,5)6)19-21-35(26-16-14-13-15-17-26)20-18-33(22-27(36)38-31(7,8)9)23-28(37)39-32(10,11)12/h13-17H,18-25H2,1-12H3. The van der Waals surface area contributed by atoms with Crippen LogP contribution in [0.4, 0.5) is 5.69 Å². The molecule has 0 N–H and O–H groups in total. The summed E-state index contributed by atoms with van der Waals surface area (Å²) in [5, 5.41) is 0. The lowest BCUT2D eigenvalue weighted by Gasteiger charge is -2.37. The van der Waals surface area contributed by atoms with Crippen molar-refractivity contribution in [2.45, 2.75) is 94.3 Å². The van der Waals surface area contributed by atoms with Crippen LogP contribution in [0.15, 0.2) is 30.3 Å². The molecule has 0 unspecified atom stereocenters. The number of carbonyl (C=O) groups is 2. The van der Waals surface area contributed by atoms with E-state index < -0.39 is 11.2 Å². The Hall–Kier alpha value is -2.12. The summed E-state index contributed by atoms with van der Waals surface area (Å²) in [6.07, 6.45) is 0. The van der Waals surface area contributed by atoms with Crippen LogP contribution in [-0.2, 0) is 19.1 Å². The van der Waals surface area contributed by atoms with E-state index in [4.69, 9.17) is 9.47 Å². The highest BCUT2D eigenvalue weighted by molar-refractivity contribution is 5.75. The summed E-state index contributed by atoms with van der Waals surface area (Å²) in [4.78, 5) is 32.1. The van der Waals surface area contributed by atoms with Crippen molar-refractivity contribution in [1.29, 1.82) is 0 Å². The number of nitrogens with zero attached hydrogens (tertiary/aromatic N) is 3. The quantitative estimate of drug-likeness (QED) is 0.286. The van der Waals surface area contributed by atoms with Crippen LogP contribution in [-0.4, -0.2) is 85.3 Å². The van der Waals surface area contributed by atoms with E-state index in [9.17, 15) is 9.59 Å². The fourth-order valence-corrected chi connectivity index (χ4v) is 4.42. The predicted octanol–water partition coefficient (Wildman–Crippen LogP) is 5.87. The van der Waals surface area contributed by atoms with Crippen LogP contribution >= 0.6 is 0 Å². The Labute approximate surface area is 239 Å². The van der Waals surface area contributed by atoms with Crippen molar-refractivity contribution < 1.29 is 19.1 Å². The lowest BCUT2D eigenvalue weighted by molar-refractivity contribution is -0.159. The van der Waals surface area contributed by atoms with Gasteiger partial charge < -0.3 is 19.3 Å². The minimum atomic E-state index is -0.589. The van der Waals surface area contributed by atoms with Crippen molar-refractivity contribution in [1.82, 2.24) is 9.80 Å². The van der Waals surface area contributed by atoms with E-state index in [-0.39, 0.29) is 35.9 Å². The molecule has 0 spiro atoms. The molecular formula is C32H57N3O4. The molecule has 0 bridgehead atoms. The van der Waals surface area contributed by atoms with Crippen LogP contribution in [0.25, 0.3) is 0 Å². The number of hydrogen-bond acceptors (Lipinski definition) is 7. The van der Waals surface area contributed by atoms with Gasteiger partial charge in [-0.15, -0.1) is 0 Å². The molecule has 0 amide bonds. The highest BCUT2D eigenvalue weighted by Gasteiger charge is 2.25. The van der Waals surface area contributed by atoms with Gasteiger partial charge in [0.2, 0.25) is 0 Å². The zero-order chi connectivity index (χ0) is 30.1. The number of esters is 2. The van der Waals surface area contributed by atoms with Crippen LogP contribution in [0.1, 0.15) is 83.1 Å². The first kappa shape index (κ1) is 34.9. The average Bonchev–Trinajstić information content (AvgIpc) is 2.69. The van der Waals surface area contributed by atoms with Crippen molar-refractivity contribution in [3.05, 3.63) is 30.3 Å². The zero-order valence-corrected chi connectivity index (χ0v) is 27.0. The van der Waals surface area contributed by atoms with Crippen LogP contribution in [0, 0.1) is 10.8 Å². The minimum Gasteiger partial charge on any atom is -0.459 e. The van der Waals surface area contributed by atoms with Crippen molar-refractivity contribution in [3.8, 4) is 0 Å². The topological polar surface area (TPSA) is 62.3 Å². The minimum absolute atomic E-state index is 0.0271. The summed E-state index contributed by atoms with van der Waals surface area (Å²) >= 11 is 0. The smallest absolute Gasteiger partial charge is 0.320 e. The maximum atomic E-state index is 12.7. The Balaban J connectivity index is 3.08. The number of ether oxygens (including phenoxy) is 2. The van der Waals surface area contributed by atoms with Gasteiger partial charge in [0, 0.05) is 45.0 Å². The second-order valence-electron chi connectivity index (χ2n) is 15.0. The molecule has 0 atom stereocenters. The number of hydrogen-bond donors (Lipinski definition) is 0. The van der Waals surface area contributed by atoms with Gasteiger partial charge in [-0.1, -0.05) is 59.7 Å². The molecule has 1 aromatic rings. The number of para-hydroxylation sites is 1. The first-order valence-electron chi connectivity index (χ1n) is 14.3. The highest BCUT2D eigenvalue weighted by atomic mass is 16.6. The van der Waals surface area contributed by atoms with Crippen LogP contribution in [0.2, 0.25) is 0 Å². The molecule has 1 aromatic carbocycles. The Morgan fingerprint density at radius 3 is 1.33 bits per heavy atom. The number of rotatable bonds is 13. The predicted molar refractivity (Wildman–Crippen MR) is 162 cm³/mol. The van der Waals surface area contributed by atoms with Gasteiger partial charge in [-0.05, 0) is 64.5 Å². The van der Waals surface area contributed by atoms with Gasteiger partial charge in [-0.2, -0.15) is 0 Å². The van der Waals surface area contributed by atoms with E-state index >= 15 is 0 Å². The van der Waals surface area contributed by atoms with Crippen molar-refractivity contribution in [2.24, 2.45) is 10.8 Å². The molecule has 0 radical (unpaired) electrons. The third-order valence-corrected chi connectivity index (χ3v) is 5.43. The van der Waals surface area contributed by atoms with Crippen molar-refractivity contribution >= 4 is 17.6 Å². The number of benzene rings is 1. The normalized spacial score (nSPS) is 13.1. The third-order valence-electron chi connectivity index (χ3n) is 5.43. The van der Waals surface area contributed by atoms with Gasteiger partial charge in [0.05, 0.1) is 13.1 Å². The van der Waals surface area contributed by atoms with E-state index in [1.165, 1.54) is 0 Å². The summed E-state index contributed by atoms with van der Waals surface area (Å²) in [7, 11) is 0. The Morgan fingerprint density at radius 1 is 0.590 bits per heavy atom. The molecule has 0 aliphatic heterocycles. The van der Waals surface area contributed by atoms with Crippen LogP contribution in [0.3, 0.4) is 0 Å². The fourth-order valence-electron chi connectivity index (χ4n) is 4.42. The fraction of sp³-hybridized carbons (Fsp3) is 0.750. The first-order chi connectivity index (χ1) is 17.6. The molecule has 0 aliphatic rings. The van der Waals surface area contributed by atoms with Crippen molar-refractivity contribution in [3.63, 3.8) is 0 Å². The molecule has 0 fully saturated rings. The summed E-state index contributed by atoms with van der Waals surface area (Å²) in [5.41, 5.74) is 0.335. The summed E-state index contributed by atoms with van der Waals surface area (Å²) in [6.45, 7) is 29.8. The molecule has 7 nitrogen and oxygen atoms in total. The van der Waals surface area contributed by atoms with Gasteiger partial charge in [-0.3, -0.25) is 14.5 Å². The maximum absolute atomic E-state index is 12.7. The molecule has 0 saturated heterocycles. The number of anilines is 1. The summed E-state index contributed by atoms with van der Waals surface area (Å²) in [5.74, 6) is -0.697. The Bertz CT molecular complexity index is 828. The molecule has 0 aliphatic carbocycles. The second-order valence-corrected chi connectivity index (χ2v) is 15.0. The van der Waals surface area contributed by atoms with E-state index in [0.29, 0.717) is 13.1 Å². The zero-order valence-electron chi connectivity index (χ0n) is 27.0. The van der Waals surface area contributed by atoms with E-state index in [0.717, 1.165) is 31.9 Å². The molecule has 1 rings (SSSR count). The Kier molecular flexibility index (Phi) is 13.0. The van der Waals surface area contributed by atoms with Gasteiger partial charge in [0.1, 0.15) is 11.2 Å². The molecule has 0 saturated carbocycles. The molecular weight excluding hydrogens is 490 g/mol. The van der Waals surface area contributed by atoms with Gasteiger partial charge >= 0.3 is 11.9 Å². The lowest BCUT2D eigenvalue weighted by Crippen LogP contribution is -2.46. The van der Waals surface area contributed by atoms with Crippen LogP contribution in [0.5, 0.6) is 0 Å². The molecule has 224 valence electrons. The van der Waals surface area contributed by atoms with Crippen LogP contribution < -0.4 is 4.90 Å². The number of carbonyl (C=O) groups excluding carboxylic acids is 2. The molecule has 7 heteroatoms. The molecule has 0 heterocycles. The highest BCUT2D eigenvalue weighted by Crippen LogP contribution is 2.22. The van der Waals surface area contributed by atoms with Gasteiger partial charge in [0.25, 0.3) is 0 Å². The Morgan fingerprint density at radius 2 is 0.974 bits per heavy atom. The SMILES string of the molecule is CC(C)(C)CN(CCN(CCN(CC(=O)OC(C)(C)C)CC(=O)OC(C)(C)C)c1ccccc1)CC(C)(C)C. The maximum Gasteiger partial charge on any atom is 0.320 e. The van der Waals surface area contributed by atoms with Gasteiger partial charge in [0.15, 0.2) is 0 Å². The third kappa shape index (κ3) is 18.0. The van der Waals surface area contributed by atoms with E-state index in [1.54, 1.807) is 0 Å². The summed E-state index contributed by atoms with van der Waals surface area (Å²) in [6, 6.07) is 10.3. The van der Waals surface area contributed by atoms with Crippen molar-refractivity contribution in [2.75, 3.05) is 57.3 Å².